The largest absolute Gasteiger partial charge is 0.457 e. The van der Waals surface area contributed by atoms with Crippen LogP contribution in [0.2, 0.25) is 0 Å². The van der Waals surface area contributed by atoms with Crippen LogP contribution in [0.5, 0.6) is 11.5 Å². The first-order chi connectivity index (χ1) is 35.7. The number of hydrogen-bond acceptors (Lipinski definition) is 4. The second kappa shape index (κ2) is 15.1. The molecule has 0 unspecified atom stereocenters. The van der Waals surface area contributed by atoms with Gasteiger partial charge in [-0.15, -0.1) is 11.3 Å². The summed E-state index contributed by atoms with van der Waals surface area (Å²) in [6.45, 7) is 0. The van der Waals surface area contributed by atoms with E-state index in [-0.39, 0.29) is 0 Å². The van der Waals surface area contributed by atoms with Crippen molar-refractivity contribution in [3.8, 4) is 44.9 Å². The highest BCUT2D eigenvalue weighted by atomic mass is 32.2. The van der Waals surface area contributed by atoms with Crippen LogP contribution in [-0.2, 0) is 10.8 Å². The van der Waals surface area contributed by atoms with Gasteiger partial charge in [-0.1, -0.05) is 200 Å². The van der Waals surface area contributed by atoms with Gasteiger partial charge in [-0.25, -0.2) is 0 Å². The Kier molecular flexibility index (Phi) is 8.43. The van der Waals surface area contributed by atoms with Crippen molar-refractivity contribution >= 4 is 60.3 Å². The van der Waals surface area contributed by atoms with Gasteiger partial charge in [-0.2, -0.15) is 0 Å². The van der Waals surface area contributed by atoms with Crippen LogP contribution >= 0.6 is 23.1 Å². The van der Waals surface area contributed by atoms with E-state index in [0.717, 1.165) is 39.7 Å². The summed E-state index contributed by atoms with van der Waals surface area (Å²) in [5.74, 6) is 1.77. The number of nitrogens with zero attached hydrogens (tertiary/aromatic N) is 1. The molecule has 72 heavy (non-hydrogen) atoms. The van der Waals surface area contributed by atoms with Gasteiger partial charge >= 0.3 is 0 Å². The number of hydrogen-bond donors (Lipinski definition) is 0. The summed E-state index contributed by atoms with van der Waals surface area (Å²) >= 11 is 3.76. The van der Waals surface area contributed by atoms with E-state index in [1.54, 1.807) is 0 Å². The second-order valence-electron chi connectivity index (χ2n) is 19.3. The number of fused-ring (bicyclic) bond motifs is 21. The van der Waals surface area contributed by atoms with Crippen LogP contribution in [0.3, 0.4) is 0 Å². The maximum absolute atomic E-state index is 6.79. The first-order valence-corrected chi connectivity index (χ1v) is 26.4. The molecule has 4 aliphatic rings. The molecule has 2 spiro atoms. The predicted octanol–water partition coefficient (Wildman–Crippen LogP) is 18.5. The molecule has 3 heterocycles. The summed E-state index contributed by atoms with van der Waals surface area (Å²) in [5.41, 5.74) is 19.6. The lowest BCUT2D eigenvalue weighted by molar-refractivity contribution is 0.436. The molecule has 2 aliphatic heterocycles. The lowest BCUT2D eigenvalue weighted by atomic mass is 9.66. The molecule has 0 N–H and O–H groups in total. The highest BCUT2D eigenvalue weighted by Crippen LogP contribution is 2.67. The Hall–Kier alpha value is -8.41. The van der Waals surface area contributed by atoms with Crippen LogP contribution in [-0.4, -0.2) is 0 Å². The van der Waals surface area contributed by atoms with Crippen LogP contribution in [0.1, 0.15) is 44.5 Å². The molecule has 0 fully saturated rings. The zero-order chi connectivity index (χ0) is 47.1. The van der Waals surface area contributed by atoms with Crippen molar-refractivity contribution in [1.29, 1.82) is 0 Å². The molecule has 0 amide bonds. The SMILES string of the molecule is c1ccc2c(c1)Oc1ccccc1C21c2ccccc2-c2c(N(c3ccc(-c4cccc5sc6ccccc6c45)cc3)c3cccc4c3C3(c5ccccc5Sc5ccccc53)c3ccccc3-4)cccc21. The zero-order valence-electron chi connectivity index (χ0n) is 38.8. The van der Waals surface area contributed by atoms with E-state index < -0.39 is 10.8 Å². The summed E-state index contributed by atoms with van der Waals surface area (Å²) < 4.78 is 9.41. The van der Waals surface area contributed by atoms with Crippen LogP contribution in [0.25, 0.3) is 53.6 Å². The molecule has 16 rings (SSSR count). The number of ether oxygens (including phenoxy) is 1. The highest BCUT2D eigenvalue weighted by molar-refractivity contribution is 7.99. The highest BCUT2D eigenvalue weighted by Gasteiger charge is 2.54. The molecule has 336 valence electrons. The minimum atomic E-state index is -0.626. The second-order valence-corrected chi connectivity index (χ2v) is 21.5. The minimum Gasteiger partial charge on any atom is -0.457 e. The third-order valence-corrected chi connectivity index (χ3v) is 18.3. The Morgan fingerprint density at radius 1 is 0.347 bits per heavy atom. The van der Waals surface area contributed by atoms with E-state index in [4.69, 9.17) is 4.74 Å². The molecule has 2 nitrogen and oxygen atoms in total. The van der Waals surface area contributed by atoms with Crippen LogP contribution in [0, 0.1) is 0 Å². The van der Waals surface area contributed by atoms with Crippen LogP contribution in [0.15, 0.2) is 259 Å². The quantitative estimate of drug-likeness (QED) is 0.174. The van der Waals surface area contributed by atoms with Crippen molar-refractivity contribution in [3.63, 3.8) is 0 Å². The Bertz CT molecular complexity index is 4170. The Labute approximate surface area is 426 Å². The predicted molar refractivity (Wildman–Crippen MR) is 298 cm³/mol. The van der Waals surface area contributed by atoms with Gasteiger partial charge < -0.3 is 9.64 Å². The summed E-state index contributed by atoms with van der Waals surface area (Å²) in [6.07, 6.45) is 0. The Morgan fingerprint density at radius 2 is 0.861 bits per heavy atom. The molecule has 0 saturated carbocycles. The fourth-order valence-electron chi connectivity index (χ4n) is 13.4. The number of para-hydroxylation sites is 2. The van der Waals surface area contributed by atoms with E-state index in [1.807, 2.05) is 23.1 Å². The first kappa shape index (κ1) is 40.3. The topological polar surface area (TPSA) is 12.5 Å². The zero-order valence-corrected chi connectivity index (χ0v) is 40.5. The fourth-order valence-corrected chi connectivity index (χ4v) is 15.7. The van der Waals surface area contributed by atoms with E-state index in [1.165, 1.54) is 96.7 Å². The van der Waals surface area contributed by atoms with Crippen molar-refractivity contribution in [2.75, 3.05) is 4.90 Å². The van der Waals surface area contributed by atoms with Gasteiger partial charge in [0.1, 0.15) is 11.5 Å². The third kappa shape index (κ3) is 5.20. The lowest BCUT2D eigenvalue weighted by Gasteiger charge is -2.42. The van der Waals surface area contributed by atoms with E-state index in [2.05, 4.69) is 254 Å². The maximum Gasteiger partial charge on any atom is 0.132 e. The summed E-state index contributed by atoms with van der Waals surface area (Å²) in [7, 11) is 0. The van der Waals surface area contributed by atoms with Crippen LogP contribution < -0.4 is 9.64 Å². The van der Waals surface area contributed by atoms with E-state index >= 15 is 0 Å². The van der Waals surface area contributed by atoms with Crippen molar-refractivity contribution in [2.24, 2.45) is 0 Å². The van der Waals surface area contributed by atoms with Crippen molar-refractivity contribution < 1.29 is 4.74 Å². The Balaban J connectivity index is 1.02. The van der Waals surface area contributed by atoms with Gasteiger partial charge in [-0.05, 0) is 116 Å². The van der Waals surface area contributed by atoms with E-state index in [0.29, 0.717) is 0 Å². The van der Waals surface area contributed by atoms with Crippen LogP contribution in [0.4, 0.5) is 17.1 Å². The molecule has 4 heteroatoms. The smallest absolute Gasteiger partial charge is 0.132 e. The monoisotopic (exact) mass is 951 g/mol. The number of anilines is 3. The van der Waals surface area contributed by atoms with Gasteiger partial charge in [0.15, 0.2) is 0 Å². The molecule has 0 bridgehead atoms. The average Bonchev–Trinajstić information content (AvgIpc) is 4.08. The lowest BCUT2D eigenvalue weighted by Crippen LogP contribution is -2.33. The Morgan fingerprint density at radius 3 is 1.60 bits per heavy atom. The summed E-state index contributed by atoms with van der Waals surface area (Å²) in [4.78, 5) is 5.18. The molecule has 2 aliphatic carbocycles. The van der Waals surface area contributed by atoms with E-state index in [9.17, 15) is 0 Å². The van der Waals surface area contributed by atoms with Gasteiger partial charge in [0.05, 0.1) is 22.2 Å². The van der Waals surface area contributed by atoms with Gasteiger partial charge in [0.2, 0.25) is 0 Å². The molecule has 0 atom stereocenters. The van der Waals surface area contributed by atoms with Gasteiger partial charge in [0.25, 0.3) is 0 Å². The molecule has 11 aromatic carbocycles. The number of rotatable bonds is 4. The standard InChI is InChI=1S/C68H41NOS2/c1-4-23-49-45(18-1)46-22-15-31-57(66(46)68(49)53-27-8-13-35-61(53)72-62-36-14-9-28-54(62)68)69(43-40-38-42(39-41-43)44-21-16-37-63-64(44)48-20-3-12-34-60(48)71-63)56-30-17-29-55-65(56)47-19-2-5-24-50(47)67(55)51-25-6-10-32-58(51)70-59-33-11-7-26-52(59)67/h1-41H. The molecular formula is C68H41NOS2. The van der Waals surface area contributed by atoms with Crippen molar-refractivity contribution in [1.82, 2.24) is 0 Å². The minimum absolute atomic E-state index is 0.607. The average molecular weight is 952 g/mol. The number of benzene rings is 11. The van der Waals surface area contributed by atoms with Crippen molar-refractivity contribution in [3.05, 3.63) is 293 Å². The molecule has 0 radical (unpaired) electrons. The molecule has 0 saturated heterocycles. The third-order valence-electron chi connectivity index (χ3n) is 16.0. The normalized spacial score (nSPS) is 14.4. The van der Waals surface area contributed by atoms with Gasteiger partial charge in [0, 0.05) is 57.9 Å². The molecular weight excluding hydrogens is 911 g/mol. The fraction of sp³-hybridized carbons (Fsp3) is 0.0294. The molecule has 12 aromatic rings. The summed E-state index contributed by atoms with van der Waals surface area (Å²) in [6, 6.07) is 93.0. The van der Waals surface area contributed by atoms with Gasteiger partial charge in [-0.3, -0.25) is 0 Å². The molecule has 1 aromatic heterocycles. The maximum atomic E-state index is 6.79. The summed E-state index contributed by atoms with van der Waals surface area (Å²) in [5, 5.41) is 2.62. The van der Waals surface area contributed by atoms with Crippen molar-refractivity contribution in [2.45, 2.75) is 20.6 Å². The first-order valence-electron chi connectivity index (χ1n) is 24.7. The number of thiophene rings is 1.